The lowest BCUT2D eigenvalue weighted by atomic mass is 10.2. The van der Waals surface area contributed by atoms with E-state index in [2.05, 4.69) is 20.6 Å². The lowest BCUT2D eigenvalue weighted by Crippen LogP contribution is -2.14. The zero-order valence-electron chi connectivity index (χ0n) is 12.2. The van der Waals surface area contributed by atoms with E-state index in [0.717, 1.165) is 18.9 Å². The van der Waals surface area contributed by atoms with Crippen LogP contribution in [0.2, 0.25) is 0 Å². The van der Waals surface area contributed by atoms with Crippen molar-refractivity contribution in [1.29, 1.82) is 5.26 Å². The van der Waals surface area contributed by atoms with Crippen molar-refractivity contribution in [3.8, 4) is 6.07 Å². The molecule has 0 spiro atoms. The molecule has 1 aromatic carbocycles. The topological polar surface area (TPSA) is 73.6 Å². The molecule has 0 radical (unpaired) electrons. The first-order valence-electron chi connectivity index (χ1n) is 7.05. The standard InChI is InChI=1S/C15H11F4N5/c16-10-2-1-3-11(9(10)7-20)22-13-6-12(15(17,18)19)23-14(24-13)21-8-4-5-8/h1-3,6,8H,4-5H2,(H2,21,22,23,24). The van der Waals surface area contributed by atoms with Crippen molar-refractivity contribution in [2.45, 2.75) is 25.1 Å². The van der Waals surface area contributed by atoms with Crippen LogP contribution in [0.25, 0.3) is 0 Å². The molecule has 24 heavy (non-hydrogen) atoms. The molecule has 0 amide bonds. The van der Waals surface area contributed by atoms with E-state index >= 15 is 0 Å². The average molecular weight is 337 g/mol. The fraction of sp³-hybridized carbons (Fsp3) is 0.267. The summed E-state index contributed by atoms with van der Waals surface area (Å²) in [6.45, 7) is 0. The number of anilines is 3. The molecule has 5 nitrogen and oxygen atoms in total. The number of aromatic nitrogens is 2. The molecule has 0 bridgehead atoms. The smallest absolute Gasteiger partial charge is 0.351 e. The molecule has 124 valence electrons. The number of halogens is 4. The van der Waals surface area contributed by atoms with Gasteiger partial charge in [-0.2, -0.15) is 23.4 Å². The molecule has 9 heteroatoms. The molecule has 0 unspecified atom stereocenters. The molecular formula is C15H11F4N5. The Hall–Kier alpha value is -2.89. The Balaban J connectivity index is 1.98. The van der Waals surface area contributed by atoms with Gasteiger partial charge in [0.25, 0.3) is 0 Å². The van der Waals surface area contributed by atoms with E-state index in [0.29, 0.717) is 6.07 Å². The average Bonchev–Trinajstić information content (AvgIpc) is 3.30. The third-order valence-electron chi connectivity index (χ3n) is 3.32. The summed E-state index contributed by atoms with van der Waals surface area (Å²) < 4.78 is 52.6. The molecule has 0 saturated heterocycles. The lowest BCUT2D eigenvalue weighted by molar-refractivity contribution is -0.141. The van der Waals surface area contributed by atoms with Crippen LogP contribution in [0.3, 0.4) is 0 Å². The second kappa shape index (κ2) is 5.96. The Morgan fingerprint density at radius 1 is 1.21 bits per heavy atom. The van der Waals surface area contributed by atoms with Gasteiger partial charge in [-0.15, -0.1) is 0 Å². The van der Waals surface area contributed by atoms with Crippen molar-refractivity contribution < 1.29 is 17.6 Å². The zero-order valence-corrected chi connectivity index (χ0v) is 12.2. The fourth-order valence-electron chi connectivity index (χ4n) is 2.01. The minimum Gasteiger partial charge on any atom is -0.351 e. The van der Waals surface area contributed by atoms with E-state index in [-0.39, 0.29) is 29.1 Å². The van der Waals surface area contributed by atoms with Crippen molar-refractivity contribution in [1.82, 2.24) is 9.97 Å². The Morgan fingerprint density at radius 2 is 1.96 bits per heavy atom. The van der Waals surface area contributed by atoms with Gasteiger partial charge in [0.2, 0.25) is 5.95 Å². The van der Waals surface area contributed by atoms with Crippen LogP contribution in [0.4, 0.5) is 35.0 Å². The monoisotopic (exact) mass is 337 g/mol. The number of rotatable bonds is 4. The molecule has 2 N–H and O–H groups in total. The Kier molecular flexibility index (Phi) is 3.97. The van der Waals surface area contributed by atoms with Crippen LogP contribution in [0.1, 0.15) is 24.1 Å². The predicted molar refractivity (Wildman–Crippen MR) is 78.1 cm³/mol. The van der Waals surface area contributed by atoms with Crippen LogP contribution in [-0.2, 0) is 6.18 Å². The zero-order chi connectivity index (χ0) is 17.3. The normalized spacial score (nSPS) is 14.1. The minimum absolute atomic E-state index is 0.0293. The Labute approximate surface area is 134 Å². The van der Waals surface area contributed by atoms with Crippen LogP contribution in [-0.4, -0.2) is 16.0 Å². The molecule has 3 rings (SSSR count). The highest BCUT2D eigenvalue weighted by molar-refractivity contribution is 5.65. The minimum atomic E-state index is -4.65. The van der Waals surface area contributed by atoms with Gasteiger partial charge in [-0.1, -0.05) is 6.07 Å². The SMILES string of the molecule is N#Cc1c(F)cccc1Nc1cc(C(F)(F)F)nc(NC2CC2)n1. The molecule has 0 aliphatic heterocycles. The summed E-state index contributed by atoms with van der Waals surface area (Å²) in [4.78, 5) is 7.42. The number of nitrogens with one attached hydrogen (secondary N) is 2. The molecule has 0 atom stereocenters. The maximum atomic E-state index is 13.6. The van der Waals surface area contributed by atoms with Gasteiger partial charge in [0, 0.05) is 12.1 Å². The summed E-state index contributed by atoms with van der Waals surface area (Å²) in [5, 5.41) is 14.3. The predicted octanol–water partition coefficient (Wildman–Crippen LogP) is 3.82. The summed E-state index contributed by atoms with van der Waals surface area (Å²) in [6.07, 6.45) is -2.98. The Morgan fingerprint density at radius 3 is 2.58 bits per heavy atom. The van der Waals surface area contributed by atoms with Gasteiger partial charge in [0.05, 0.1) is 5.69 Å². The van der Waals surface area contributed by atoms with Gasteiger partial charge < -0.3 is 10.6 Å². The Bertz CT molecular complexity index is 808. The van der Waals surface area contributed by atoms with Crippen molar-refractivity contribution in [3.63, 3.8) is 0 Å². The molecule has 1 saturated carbocycles. The van der Waals surface area contributed by atoms with E-state index < -0.39 is 17.7 Å². The summed E-state index contributed by atoms with van der Waals surface area (Å²) >= 11 is 0. The van der Waals surface area contributed by atoms with Gasteiger partial charge in [-0.05, 0) is 25.0 Å². The van der Waals surface area contributed by atoms with Crippen molar-refractivity contribution in [2.75, 3.05) is 10.6 Å². The highest BCUT2D eigenvalue weighted by atomic mass is 19.4. The number of benzene rings is 1. The molecule has 1 aliphatic rings. The van der Waals surface area contributed by atoms with Crippen LogP contribution in [0.5, 0.6) is 0 Å². The highest BCUT2D eigenvalue weighted by Crippen LogP contribution is 2.32. The fourth-order valence-corrected chi connectivity index (χ4v) is 2.01. The molecule has 1 heterocycles. The number of alkyl halides is 3. The maximum absolute atomic E-state index is 13.6. The maximum Gasteiger partial charge on any atom is 0.433 e. The number of hydrogen-bond acceptors (Lipinski definition) is 5. The van der Waals surface area contributed by atoms with Gasteiger partial charge in [-0.3, -0.25) is 0 Å². The van der Waals surface area contributed by atoms with Crippen LogP contribution >= 0.6 is 0 Å². The van der Waals surface area contributed by atoms with Gasteiger partial charge >= 0.3 is 6.18 Å². The third-order valence-corrected chi connectivity index (χ3v) is 3.32. The summed E-state index contributed by atoms with van der Waals surface area (Å²) in [7, 11) is 0. The molecule has 1 aliphatic carbocycles. The second-order valence-corrected chi connectivity index (χ2v) is 5.28. The summed E-state index contributed by atoms with van der Waals surface area (Å²) in [6, 6.07) is 6.25. The van der Waals surface area contributed by atoms with Gasteiger partial charge in [0.15, 0.2) is 5.69 Å². The van der Waals surface area contributed by atoms with Crippen molar-refractivity contribution >= 4 is 17.5 Å². The first kappa shape index (κ1) is 16.0. The lowest BCUT2D eigenvalue weighted by Gasteiger charge is -2.13. The third kappa shape index (κ3) is 3.53. The van der Waals surface area contributed by atoms with E-state index in [9.17, 15) is 17.6 Å². The highest BCUT2D eigenvalue weighted by Gasteiger charge is 2.34. The van der Waals surface area contributed by atoms with Crippen molar-refractivity contribution in [2.24, 2.45) is 0 Å². The number of nitrogens with zero attached hydrogens (tertiary/aromatic N) is 3. The van der Waals surface area contributed by atoms with Crippen LogP contribution in [0.15, 0.2) is 24.3 Å². The molecule has 2 aromatic rings. The first-order chi connectivity index (χ1) is 11.4. The second-order valence-electron chi connectivity index (χ2n) is 5.28. The first-order valence-corrected chi connectivity index (χ1v) is 7.05. The van der Waals surface area contributed by atoms with Crippen LogP contribution in [0, 0.1) is 17.1 Å². The van der Waals surface area contributed by atoms with E-state index in [1.165, 1.54) is 12.1 Å². The summed E-state index contributed by atoms with van der Waals surface area (Å²) in [5.74, 6) is -1.11. The van der Waals surface area contributed by atoms with Gasteiger partial charge in [-0.25, -0.2) is 9.37 Å². The molecular weight excluding hydrogens is 326 g/mol. The van der Waals surface area contributed by atoms with Gasteiger partial charge in [0.1, 0.15) is 23.3 Å². The largest absolute Gasteiger partial charge is 0.433 e. The van der Waals surface area contributed by atoms with Crippen molar-refractivity contribution in [3.05, 3.63) is 41.3 Å². The molecule has 1 aromatic heterocycles. The van der Waals surface area contributed by atoms with Crippen LogP contribution < -0.4 is 10.6 Å². The quantitative estimate of drug-likeness (QED) is 0.830. The number of nitriles is 1. The van der Waals surface area contributed by atoms with E-state index in [1.807, 2.05) is 0 Å². The number of hydrogen-bond donors (Lipinski definition) is 2. The molecule has 1 fully saturated rings. The van der Waals surface area contributed by atoms with E-state index in [1.54, 1.807) is 6.07 Å². The van der Waals surface area contributed by atoms with E-state index in [4.69, 9.17) is 5.26 Å². The summed E-state index contributed by atoms with van der Waals surface area (Å²) in [5.41, 5.74) is -1.40.